The quantitative estimate of drug-likeness (QED) is 0.875. The van der Waals surface area contributed by atoms with Crippen LogP contribution in [0.25, 0.3) is 0 Å². The number of nitrogens with one attached hydrogen (secondary N) is 1. The van der Waals surface area contributed by atoms with Crippen LogP contribution in [0.2, 0.25) is 15.3 Å². The van der Waals surface area contributed by atoms with Gasteiger partial charge in [0.05, 0.1) is 5.02 Å². The van der Waals surface area contributed by atoms with Gasteiger partial charge in [0.15, 0.2) is 10.3 Å². The van der Waals surface area contributed by atoms with Gasteiger partial charge in [0.25, 0.3) is 0 Å². The normalized spacial score (nSPS) is 10.6. The van der Waals surface area contributed by atoms with E-state index in [0.29, 0.717) is 15.3 Å². The molecule has 0 spiro atoms. The molecule has 15 heavy (non-hydrogen) atoms. The molecule has 0 fully saturated rings. The molecule has 6 heteroatoms. The molecule has 2 aromatic rings. The third-order valence-electron chi connectivity index (χ3n) is 1.64. The van der Waals surface area contributed by atoms with Gasteiger partial charge in [0.2, 0.25) is 0 Å². The van der Waals surface area contributed by atoms with Gasteiger partial charge in [0, 0.05) is 4.90 Å². The fourth-order valence-corrected chi connectivity index (χ4v) is 2.42. The van der Waals surface area contributed by atoms with Crippen molar-refractivity contribution in [3.05, 3.63) is 39.6 Å². The predicted octanol–water partition coefficient (Wildman–Crippen LogP) is 4.52. The van der Waals surface area contributed by atoms with Gasteiger partial charge in [-0.3, -0.25) is 0 Å². The van der Waals surface area contributed by atoms with Crippen molar-refractivity contribution < 1.29 is 0 Å². The van der Waals surface area contributed by atoms with Crippen LogP contribution >= 0.6 is 46.6 Å². The SMILES string of the molecule is Clc1ccccc1Sc1nc(Cl)c(Cl)[nH]1. The highest BCUT2D eigenvalue weighted by Gasteiger charge is 2.08. The van der Waals surface area contributed by atoms with Gasteiger partial charge in [-0.2, -0.15) is 0 Å². The number of aromatic nitrogens is 2. The van der Waals surface area contributed by atoms with Crippen molar-refractivity contribution in [1.29, 1.82) is 0 Å². The van der Waals surface area contributed by atoms with Crippen LogP contribution in [0.5, 0.6) is 0 Å². The molecule has 0 saturated carbocycles. The Morgan fingerprint density at radius 2 is 1.87 bits per heavy atom. The van der Waals surface area contributed by atoms with Gasteiger partial charge < -0.3 is 4.98 Å². The minimum atomic E-state index is 0.270. The lowest BCUT2D eigenvalue weighted by Crippen LogP contribution is -1.76. The Kier molecular flexibility index (Phi) is 3.46. The first kappa shape index (κ1) is 11.1. The molecule has 1 N–H and O–H groups in total. The summed E-state index contributed by atoms with van der Waals surface area (Å²) in [6.07, 6.45) is 0. The van der Waals surface area contributed by atoms with E-state index < -0.39 is 0 Å². The second-order valence-electron chi connectivity index (χ2n) is 2.68. The molecule has 0 bridgehead atoms. The van der Waals surface area contributed by atoms with E-state index in [9.17, 15) is 0 Å². The highest BCUT2D eigenvalue weighted by molar-refractivity contribution is 7.99. The van der Waals surface area contributed by atoms with Crippen molar-refractivity contribution in [2.24, 2.45) is 0 Å². The maximum Gasteiger partial charge on any atom is 0.173 e. The fraction of sp³-hybridized carbons (Fsp3) is 0. The van der Waals surface area contributed by atoms with E-state index in [2.05, 4.69) is 9.97 Å². The van der Waals surface area contributed by atoms with Gasteiger partial charge in [0.1, 0.15) is 5.15 Å². The van der Waals surface area contributed by atoms with Crippen LogP contribution in [-0.4, -0.2) is 9.97 Å². The van der Waals surface area contributed by atoms with Crippen molar-refractivity contribution >= 4 is 46.6 Å². The van der Waals surface area contributed by atoms with Crippen molar-refractivity contribution in [1.82, 2.24) is 9.97 Å². The van der Waals surface area contributed by atoms with Gasteiger partial charge >= 0.3 is 0 Å². The first-order chi connectivity index (χ1) is 7.16. The molecule has 0 atom stereocenters. The Labute approximate surface area is 106 Å². The van der Waals surface area contributed by atoms with E-state index in [4.69, 9.17) is 34.8 Å². The molecule has 0 aliphatic heterocycles. The summed E-state index contributed by atoms with van der Waals surface area (Å²) in [5.41, 5.74) is 0. The summed E-state index contributed by atoms with van der Waals surface area (Å²) < 4.78 is 0. The Bertz CT molecular complexity index is 464. The van der Waals surface area contributed by atoms with E-state index in [1.165, 1.54) is 11.8 Å². The van der Waals surface area contributed by atoms with E-state index >= 15 is 0 Å². The Balaban J connectivity index is 2.26. The topological polar surface area (TPSA) is 28.7 Å². The summed E-state index contributed by atoms with van der Waals surface area (Å²) in [5.74, 6) is 0. The van der Waals surface area contributed by atoms with Crippen LogP contribution in [0, 0.1) is 0 Å². The van der Waals surface area contributed by atoms with Crippen LogP contribution in [0.3, 0.4) is 0 Å². The molecule has 0 radical (unpaired) electrons. The highest BCUT2D eigenvalue weighted by atomic mass is 35.5. The standard InChI is InChI=1S/C9H5Cl3N2S/c10-5-3-1-2-4-6(5)15-9-13-7(11)8(12)14-9/h1-4H,(H,13,14). The number of hydrogen-bond acceptors (Lipinski definition) is 2. The lowest BCUT2D eigenvalue weighted by Gasteiger charge is -1.99. The molecule has 2 nitrogen and oxygen atoms in total. The number of nitrogens with zero attached hydrogens (tertiary/aromatic N) is 1. The minimum Gasteiger partial charge on any atom is -0.322 e. The Hall–Kier alpha value is -0.350. The predicted molar refractivity (Wildman–Crippen MR) is 64.2 cm³/mol. The number of halogens is 3. The maximum atomic E-state index is 5.99. The van der Waals surface area contributed by atoms with E-state index in [0.717, 1.165) is 4.90 Å². The number of H-pyrrole nitrogens is 1. The molecule has 78 valence electrons. The van der Waals surface area contributed by atoms with Gasteiger partial charge in [-0.25, -0.2) is 4.98 Å². The van der Waals surface area contributed by atoms with Crippen molar-refractivity contribution in [2.45, 2.75) is 10.1 Å². The third kappa shape index (κ3) is 2.61. The molecule has 1 aromatic heterocycles. The van der Waals surface area contributed by atoms with E-state index in [1.54, 1.807) is 0 Å². The first-order valence-electron chi connectivity index (χ1n) is 4.00. The monoisotopic (exact) mass is 278 g/mol. The molecule has 0 aliphatic carbocycles. The minimum absolute atomic E-state index is 0.270. The van der Waals surface area contributed by atoms with E-state index in [-0.39, 0.29) is 5.15 Å². The van der Waals surface area contributed by atoms with Crippen LogP contribution in [0.4, 0.5) is 0 Å². The average Bonchev–Trinajstić information content (AvgIpc) is 2.50. The molecule has 2 rings (SSSR count). The van der Waals surface area contributed by atoms with Crippen molar-refractivity contribution in [3.8, 4) is 0 Å². The summed E-state index contributed by atoms with van der Waals surface area (Å²) in [6.45, 7) is 0. The van der Waals surface area contributed by atoms with E-state index in [1.807, 2.05) is 24.3 Å². The van der Waals surface area contributed by atoms with Crippen LogP contribution < -0.4 is 0 Å². The smallest absolute Gasteiger partial charge is 0.173 e. The first-order valence-corrected chi connectivity index (χ1v) is 5.95. The summed E-state index contributed by atoms with van der Waals surface area (Å²) >= 11 is 18.8. The summed E-state index contributed by atoms with van der Waals surface area (Å²) in [4.78, 5) is 7.78. The lowest BCUT2D eigenvalue weighted by atomic mass is 10.4. The molecule has 0 unspecified atom stereocenters. The van der Waals surface area contributed by atoms with Gasteiger partial charge in [-0.1, -0.05) is 58.7 Å². The summed E-state index contributed by atoms with van der Waals surface area (Å²) in [7, 11) is 0. The van der Waals surface area contributed by atoms with Gasteiger partial charge in [-0.15, -0.1) is 0 Å². The highest BCUT2D eigenvalue weighted by Crippen LogP contribution is 2.33. The molecular weight excluding hydrogens is 275 g/mol. The Morgan fingerprint density at radius 1 is 1.13 bits per heavy atom. The Morgan fingerprint density at radius 3 is 2.47 bits per heavy atom. The molecular formula is C9H5Cl3N2S. The number of hydrogen-bond donors (Lipinski definition) is 1. The molecule has 0 amide bonds. The van der Waals surface area contributed by atoms with Crippen LogP contribution in [0.1, 0.15) is 0 Å². The molecule has 1 heterocycles. The number of aromatic amines is 1. The van der Waals surface area contributed by atoms with Crippen molar-refractivity contribution in [2.75, 3.05) is 0 Å². The summed E-state index contributed by atoms with van der Waals surface area (Å²) in [6, 6.07) is 7.49. The number of benzene rings is 1. The zero-order valence-electron chi connectivity index (χ0n) is 7.30. The zero-order valence-corrected chi connectivity index (χ0v) is 10.4. The molecule has 1 aromatic carbocycles. The second kappa shape index (κ2) is 4.66. The average molecular weight is 280 g/mol. The maximum absolute atomic E-state index is 5.99. The van der Waals surface area contributed by atoms with Crippen molar-refractivity contribution in [3.63, 3.8) is 0 Å². The number of imidazole rings is 1. The summed E-state index contributed by atoms with van der Waals surface area (Å²) in [5, 5.41) is 1.90. The molecule has 0 saturated heterocycles. The van der Waals surface area contributed by atoms with Crippen LogP contribution in [-0.2, 0) is 0 Å². The largest absolute Gasteiger partial charge is 0.322 e. The number of rotatable bonds is 2. The second-order valence-corrected chi connectivity index (χ2v) is 4.85. The van der Waals surface area contributed by atoms with Gasteiger partial charge in [-0.05, 0) is 12.1 Å². The molecule has 0 aliphatic rings. The third-order valence-corrected chi connectivity index (χ3v) is 3.69. The van der Waals surface area contributed by atoms with Crippen LogP contribution in [0.15, 0.2) is 34.3 Å². The lowest BCUT2D eigenvalue weighted by molar-refractivity contribution is 1.06. The zero-order chi connectivity index (χ0) is 10.8. The fourth-order valence-electron chi connectivity index (χ4n) is 0.992.